The van der Waals surface area contributed by atoms with Crippen molar-refractivity contribution in [1.29, 1.82) is 0 Å². The van der Waals surface area contributed by atoms with Crippen LogP contribution in [0.5, 0.6) is 0 Å². The predicted molar refractivity (Wildman–Crippen MR) is 113 cm³/mol. The molecule has 1 aromatic heterocycles. The topological polar surface area (TPSA) is 73.9 Å². The molecule has 4 rings (SSSR count). The number of hydrogen-bond acceptors (Lipinski definition) is 6. The minimum atomic E-state index is -0.526. The van der Waals surface area contributed by atoms with Crippen molar-refractivity contribution in [2.75, 3.05) is 44.7 Å². The molecule has 1 unspecified atom stereocenters. The maximum atomic E-state index is 13.2. The number of thiophene rings is 1. The summed E-state index contributed by atoms with van der Waals surface area (Å²) in [5.74, 6) is -0.706. The van der Waals surface area contributed by atoms with E-state index in [9.17, 15) is 14.0 Å². The number of halogens is 1. The molecule has 158 valence electrons. The Balaban J connectivity index is 1.50. The van der Waals surface area contributed by atoms with Gasteiger partial charge in [-0.25, -0.2) is 14.0 Å². The number of rotatable bonds is 5. The van der Waals surface area contributed by atoms with E-state index in [1.54, 1.807) is 12.1 Å². The molecule has 9 heteroatoms. The standard InChI is InChI=1S/C21H23FN4O3S/c1-29-20(27)18-16(23-21(28)24-19(18)17-3-2-12-30-17)13-25-8-10-26(11-9-25)15-6-4-14(22)5-7-15/h2-7,12,19H,8-11,13H2,1H3,(H2,23,24,28). The number of urea groups is 1. The van der Waals surface area contributed by atoms with E-state index >= 15 is 0 Å². The SMILES string of the molecule is COC(=O)C1=C(CN2CCN(c3ccc(F)cc3)CC2)NC(=O)NC1c1cccs1. The van der Waals surface area contributed by atoms with Crippen LogP contribution in [0, 0.1) is 5.82 Å². The third-order valence-electron chi connectivity index (χ3n) is 5.33. The highest BCUT2D eigenvalue weighted by Crippen LogP contribution is 2.31. The highest BCUT2D eigenvalue weighted by molar-refractivity contribution is 7.10. The van der Waals surface area contributed by atoms with Crippen LogP contribution in [-0.4, -0.2) is 56.7 Å². The van der Waals surface area contributed by atoms with Crippen LogP contribution in [0.25, 0.3) is 0 Å². The van der Waals surface area contributed by atoms with Crippen molar-refractivity contribution >= 4 is 29.0 Å². The van der Waals surface area contributed by atoms with E-state index in [0.29, 0.717) is 17.8 Å². The fourth-order valence-corrected chi connectivity index (χ4v) is 4.59. The molecule has 2 aliphatic heterocycles. The predicted octanol–water partition coefficient (Wildman–Crippen LogP) is 2.49. The Morgan fingerprint density at radius 3 is 2.57 bits per heavy atom. The number of hydrogen-bond donors (Lipinski definition) is 2. The largest absolute Gasteiger partial charge is 0.466 e. The first kappa shape index (κ1) is 20.4. The van der Waals surface area contributed by atoms with Gasteiger partial charge in [0.2, 0.25) is 0 Å². The number of benzene rings is 1. The number of esters is 1. The fourth-order valence-electron chi connectivity index (χ4n) is 3.80. The summed E-state index contributed by atoms with van der Waals surface area (Å²) in [6.45, 7) is 3.49. The van der Waals surface area contributed by atoms with Gasteiger partial charge >= 0.3 is 12.0 Å². The monoisotopic (exact) mass is 430 g/mol. The number of nitrogens with zero attached hydrogens (tertiary/aromatic N) is 2. The Bertz CT molecular complexity index is 938. The van der Waals surface area contributed by atoms with Gasteiger partial charge in [-0.15, -0.1) is 11.3 Å². The Hall–Kier alpha value is -2.91. The first-order chi connectivity index (χ1) is 14.5. The van der Waals surface area contributed by atoms with Crippen LogP contribution >= 0.6 is 11.3 Å². The van der Waals surface area contributed by atoms with Gasteiger partial charge in [0, 0.05) is 49.0 Å². The first-order valence-corrected chi connectivity index (χ1v) is 10.6. The van der Waals surface area contributed by atoms with Gasteiger partial charge in [0.05, 0.1) is 18.7 Å². The molecule has 1 atom stereocenters. The maximum Gasteiger partial charge on any atom is 0.338 e. The van der Waals surface area contributed by atoms with Crippen molar-refractivity contribution in [2.24, 2.45) is 0 Å². The number of nitrogens with one attached hydrogen (secondary N) is 2. The summed E-state index contributed by atoms with van der Waals surface area (Å²) in [6, 6.07) is 9.40. The summed E-state index contributed by atoms with van der Waals surface area (Å²) in [5.41, 5.74) is 1.98. The maximum absolute atomic E-state index is 13.2. The summed E-state index contributed by atoms with van der Waals surface area (Å²) in [4.78, 5) is 30.1. The fraction of sp³-hybridized carbons (Fsp3) is 0.333. The summed E-state index contributed by atoms with van der Waals surface area (Å²) in [7, 11) is 1.34. The summed E-state index contributed by atoms with van der Waals surface area (Å²) >= 11 is 1.48. The average molecular weight is 431 g/mol. The molecule has 2 N–H and O–H groups in total. The van der Waals surface area contributed by atoms with Gasteiger partial charge in [-0.1, -0.05) is 6.07 Å². The quantitative estimate of drug-likeness (QED) is 0.713. The molecule has 1 aromatic carbocycles. The Labute approximate surface area is 178 Å². The van der Waals surface area contributed by atoms with Crippen LogP contribution < -0.4 is 15.5 Å². The van der Waals surface area contributed by atoms with Crippen LogP contribution in [0.15, 0.2) is 53.0 Å². The summed E-state index contributed by atoms with van der Waals surface area (Å²) in [5, 5.41) is 7.54. The number of piperazine rings is 1. The van der Waals surface area contributed by atoms with Gasteiger partial charge < -0.3 is 20.3 Å². The molecule has 2 aliphatic rings. The Morgan fingerprint density at radius 2 is 1.93 bits per heavy atom. The zero-order valence-electron chi connectivity index (χ0n) is 16.6. The zero-order valence-corrected chi connectivity index (χ0v) is 17.4. The number of carbonyl (C=O) groups excluding carboxylic acids is 2. The molecular formula is C21H23FN4O3S. The molecule has 0 radical (unpaired) electrons. The lowest BCUT2D eigenvalue weighted by Crippen LogP contribution is -2.51. The van der Waals surface area contributed by atoms with Gasteiger partial charge in [-0.2, -0.15) is 0 Å². The molecule has 0 bridgehead atoms. The van der Waals surface area contributed by atoms with Gasteiger partial charge in [0.15, 0.2) is 0 Å². The second kappa shape index (κ2) is 8.85. The molecule has 0 aliphatic carbocycles. The average Bonchev–Trinajstić information content (AvgIpc) is 3.29. The van der Waals surface area contributed by atoms with Gasteiger partial charge in [0.25, 0.3) is 0 Å². The van der Waals surface area contributed by atoms with E-state index in [0.717, 1.165) is 36.7 Å². The van der Waals surface area contributed by atoms with Crippen LogP contribution in [0.2, 0.25) is 0 Å². The Kier molecular flexibility index (Phi) is 6.01. The van der Waals surface area contributed by atoms with Gasteiger partial charge in [-0.3, -0.25) is 4.90 Å². The van der Waals surface area contributed by atoms with Crippen molar-refractivity contribution in [3.8, 4) is 0 Å². The molecule has 30 heavy (non-hydrogen) atoms. The Morgan fingerprint density at radius 1 is 1.20 bits per heavy atom. The molecule has 1 fully saturated rings. The molecule has 0 spiro atoms. The molecule has 1 saturated heterocycles. The van der Waals surface area contributed by atoms with E-state index in [-0.39, 0.29) is 11.8 Å². The molecule has 3 heterocycles. The number of methoxy groups -OCH3 is 1. The molecule has 0 saturated carbocycles. The molecule has 2 aromatic rings. The van der Waals surface area contributed by atoms with Crippen LogP contribution in [0.1, 0.15) is 10.9 Å². The van der Waals surface area contributed by atoms with E-state index in [4.69, 9.17) is 4.74 Å². The second-order valence-corrected chi connectivity index (χ2v) is 8.15. The number of anilines is 1. The number of amides is 2. The smallest absolute Gasteiger partial charge is 0.338 e. The molecule has 2 amide bonds. The van der Waals surface area contributed by atoms with E-state index < -0.39 is 12.0 Å². The van der Waals surface area contributed by atoms with Crippen molar-refractivity contribution < 1.29 is 18.7 Å². The van der Waals surface area contributed by atoms with Crippen molar-refractivity contribution in [3.05, 3.63) is 63.7 Å². The van der Waals surface area contributed by atoms with Crippen molar-refractivity contribution in [2.45, 2.75) is 6.04 Å². The van der Waals surface area contributed by atoms with Crippen LogP contribution in [0.3, 0.4) is 0 Å². The minimum Gasteiger partial charge on any atom is -0.466 e. The van der Waals surface area contributed by atoms with E-state index in [1.807, 2.05) is 17.5 Å². The molecular weight excluding hydrogens is 407 g/mol. The summed E-state index contributed by atoms with van der Waals surface area (Å²) < 4.78 is 18.2. The normalized spacial score (nSPS) is 20.0. The van der Waals surface area contributed by atoms with Crippen molar-refractivity contribution in [3.63, 3.8) is 0 Å². The summed E-state index contributed by atoms with van der Waals surface area (Å²) in [6.07, 6.45) is 0. The number of carbonyl (C=O) groups is 2. The minimum absolute atomic E-state index is 0.249. The van der Waals surface area contributed by atoms with Gasteiger partial charge in [0.1, 0.15) is 5.82 Å². The lowest BCUT2D eigenvalue weighted by molar-refractivity contribution is -0.136. The van der Waals surface area contributed by atoms with Crippen molar-refractivity contribution in [1.82, 2.24) is 15.5 Å². The van der Waals surface area contributed by atoms with Crippen LogP contribution in [0.4, 0.5) is 14.9 Å². The lowest BCUT2D eigenvalue weighted by Gasteiger charge is -2.37. The molecule has 7 nitrogen and oxygen atoms in total. The lowest BCUT2D eigenvalue weighted by atomic mass is 10.0. The van der Waals surface area contributed by atoms with E-state index in [1.165, 1.54) is 30.6 Å². The highest BCUT2D eigenvalue weighted by Gasteiger charge is 2.35. The first-order valence-electron chi connectivity index (χ1n) is 9.70. The zero-order chi connectivity index (χ0) is 21.1. The van der Waals surface area contributed by atoms with Crippen LogP contribution in [-0.2, 0) is 9.53 Å². The third-order valence-corrected chi connectivity index (χ3v) is 6.27. The second-order valence-electron chi connectivity index (χ2n) is 7.17. The third kappa shape index (κ3) is 4.31. The highest BCUT2D eigenvalue weighted by atomic mass is 32.1. The number of ether oxygens (including phenoxy) is 1. The van der Waals surface area contributed by atoms with Gasteiger partial charge in [-0.05, 0) is 35.7 Å². The van der Waals surface area contributed by atoms with E-state index in [2.05, 4.69) is 20.4 Å².